The Labute approximate surface area is 85.2 Å². The lowest BCUT2D eigenvalue weighted by molar-refractivity contribution is 0.475. The number of phenolic OH excluding ortho intramolecular Hbond substituents is 1. The summed E-state index contributed by atoms with van der Waals surface area (Å²) in [5.41, 5.74) is 6.85. The molecule has 0 spiro atoms. The zero-order valence-electron chi connectivity index (χ0n) is 7.73. The highest BCUT2D eigenvalue weighted by Gasteiger charge is 1.96. The maximum Gasteiger partial charge on any atom is 0.115 e. The zero-order valence-corrected chi connectivity index (χ0v) is 8.55. The molecule has 0 aliphatic heterocycles. The third-order valence-corrected chi connectivity index (χ3v) is 1.82. The summed E-state index contributed by atoms with van der Waals surface area (Å²) in [4.78, 5) is 0. The SMILES string of the molecule is CC(N)CCc1ccc(O)cc1.Cl. The molecule has 3 N–H and O–H groups in total. The Morgan fingerprint density at radius 1 is 1.31 bits per heavy atom. The first kappa shape index (κ1) is 12.3. The molecule has 0 saturated heterocycles. The summed E-state index contributed by atoms with van der Waals surface area (Å²) in [7, 11) is 0. The zero-order chi connectivity index (χ0) is 8.97. The summed E-state index contributed by atoms with van der Waals surface area (Å²) >= 11 is 0. The largest absolute Gasteiger partial charge is 0.508 e. The van der Waals surface area contributed by atoms with Crippen LogP contribution in [0.4, 0.5) is 0 Å². The number of phenols is 1. The number of aryl methyl sites for hydroxylation is 1. The monoisotopic (exact) mass is 201 g/mol. The molecular weight excluding hydrogens is 186 g/mol. The van der Waals surface area contributed by atoms with Crippen LogP contribution in [-0.2, 0) is 6.42 Å². The van der Waals surface area contributed by atoms with Gasteiger partial charge in [-0.2, -0.15) is 0 Å². The number of aromatic hydroxyl groups is 1. The summed E-state index contributed by atoms with van der Waals surface area (Å²) in [6, 6.07) is 7.52. The molecule has 0 fully saturated rings. The minimum atomic E-state index is 0. The summed E-state index contributed by atoms with van der Waals surface area (Å²) in [5.74, 6) is 0.319. The van der Waals surface area contributed by atoms with Gasteiger partial charge in [0.25, 0.3) is 0 Å². The lowest BCUT2D eigenvalue weighted by Crippen LogP contribution is -2.15. The first-order chi connectivity index (χ1) is 5.68. The number of hydrogen-bond acceptors (Lipinski definition) is 2. The summed E-state index contributed by atoms with van der Waals surface area (Å²) < 4.78 is 0. The fourth-order valence-electron chi connectivity index (χ4n) is 1.06. The van der Waals surface area contributed by atoms with Crippen molar-refractivity contribution in [1.82, 2.24) is 0 Å². The molecule has 0 aromatic heterocycles. The Morgan fingerprint density at radius 3 is 2.31 bits per heavy atom. The highest BCUT2D eigenvalue weighted by Crippen LogP contribution is 2.11. The van der Waals surface area contributed by atoms with Crippen LogP contribution < -0.4 is 5.73 Å². The Bertz CT molecular complexity index is 233. The minimum Gasteiger partial charge on any atom is -0.508 e. The highest BCUT2D eigenvalue weighted by atomic mass is 35.5. The van der Waals surface area contributed by atoms with Crippen molar-refractivity contribution in [3.63, 3.8) is 0 Å². The molecule has 3 heteroatoms. The number of rotatable bonds is 3. The van der Waals surface area contributed by atoms with Crippen molar-refractivity contribution in [2.75, 3.05) is 0 Å². The second kappa shape index (κ2) is 5.84. The molecule has 0 heterocycles. The number of halogens is 1. The van der Waals surface area contributed by atoms with Gasteiger partial charge in [-0.3, -0.25) is 0 Å². The minimum absolute atomic E-state index is 0. The van der Waals surface area contributed by atoms with Gasteiger partial charge in [-0.25, -0.2) is 0 Å². The molecule has 0 bridgehead atoms. The molecule has 0 amide bonds. The lowest BCUT2D eigenvalue weighted by Gasteiger charge is -2.04. The van der Waals surface area contributed by atoms with Gasteiger partial charge in [-0.15, -0.1) is 12.4 Å². The molecule has 0 saturated carbocycles. The van der Waals surface area contributed by atoms with E-state index in [-0.39, 0.29) is 18.4 Å². The summed E-state index contributed by atoms with van der Waals surface area (Å²) in [6.45, 7) is 2.00. The van der Waals surface area contributed by atoms with Crippen molar-refractivity contribution in [1.29, 1.82) is 0 Å². The first-order valence-corrected chi connectivity index (χ1v) is 4.22. The van der Waals surface area contributed by atoms with Crippen LogP contribution in [-0.4, -0.2) is 11.1 Å². The van der Waals surface area contributed by atoms with Crippen molar-refractivity contribution < 1.29 is 5.11 Å². The first-order valence-electron chi connectivity index (χ1n) is 4.22. The summed E-state index contributed by atoms with van der Waals surface area (Å²) in [6.07, 6.45) is 1.97. The molecule has 13 heavy (non-hydrogen) atoms. The van der Waals surface area contributed by atoms with Gasteiger partial charge in [0.1, 0.15) is 5.75 Å². The third kappa shape index (κ3) is 4.76. The average Bonchev–Trinajstić information content (AvgIpc) is 2.03. The van der Waals surface area contributed by atoms with E-state index in [1.165, 1.54) is 5.56 Å². The topological polar surface area (TPSA) is 46.2 Å². The second-order valence-electron chi connectivity index (χ2n) is 3.18. The molecule has 1 aromatic carbocycles. The normalized spacial score (nSPS) is 11.8. The molecule has 1 unspecified atom stereocenters. The van der Waals surface area contributed by atoms with Crippen LogP contribution in [0.2, 0.25) is 0 Å². The van der Waals surface area contributed by atoms with Crippen molar-refractivity contribution in [3.05, 3.63) is 29.8 Å². The van der Waals surface area contributed by atoms with Gasteiger partial charge in [0.05, 0.1) is 0 Å². The third-order valence-electron chi connectivity index (χ3n) is 1.82. The smallest absolute Gasteiger partial charge is 0.115 e. The van der Waals surface area contributed by atoms with E-state index in [1.807, 2.05) is 19.1 Å². The Kier molecular flexibility index (Phi) is 5.51. The number of hydrogen-bond donors (Lipinski definition) is 2. The Hall–Kier alpha value is -0.730. The summed E-state index contributed by atoms with van der Waals surface area (Å²) in [5, 5.41) is 9.01. The van der Waals surface area contributed by atoms with Gasteiger partial charge in [0.2, 0.25) is 0 Å². The molecule has 1 aromatic rings. The maximum atomic E-state index is 9.01. The lowest BCUT2D eigenvalue weighted by atomic mass is 10.1. The number of nitrogens with two attached hydrogens (primary N) is 1. The van der Waals surface area contributed by atoms with E-state index in [2.05, 4.69) is 0 Å². The van der Waals surface area contributed by atoms with Crippen molar-refractivity contribution >= 4 is 12.4 Å². The van der Waals surface area contributed by atoms with Crippen molar-refractivity contribution in [2.45, 2.75) is 25.8 Å². The van der Waals surface area contributed by atoms with Crippen LogP contribution >= 0.6 is 12.4 Å². The molecular formula is C10H16ClNO. The Morgan fingerprint density at radius 2 is 1.85 bits per heavy atom. The van der Waals surface area contributed by atoms with Crippen LogP contribution in [0.25, 0.3) is 0 Å². The Balaban J connectivity index is 0.00000144. The van der Waals surface area contributed by atoms with Gasteiger partial charge < -0.3 is 10.8 Å². The predicted octanol–water partition coefficient (Wildman–Crippen LogP) is 2.09. The second-order valence-corrected chi connectivity index (χ2v) is 3.18. The fraction of sp³-hybridized carbons (Fsp3) is 0.400. The van der Waals surface area contributed by atoms with E-state index in [0.29, 0.717) is 5.75 Å². The quantitative estimate of drug-likeness (QED) is 0.787. The van der Waals surface area contributed by atoms with Crippen LogP contribution in [0, 0.1) is 0 Å². The molecule has 0 aliphatic rings. The van der Waals surface area contributed by atoms with E-state index < -0.39 is 0 Å². The molecule has 2 nitrogen and oxygen atoms in total. The van der Waals surface area contributed by atoms with Gasteiger partial charge in [0, 0.05) is 6.04 Å². The number of benzene rings is 1. The van der Waals surface area contributed by atoms with Gasteiger partial charge in [-0.1, -0.05) is 12.1 Å². The van der Waals surface area contributed by atoms with E-state index in [4.69, 9.17) is 10.8 Å². The predicted molar refractivity (Wildman–Crippen MR) is 57.3 cm³/mol. The average molecular weight is 202 g/mol. The molecule has 0 aliphatic carbocycles. The highest BCUT2D eigenvalue weighted by molar-refractivity contribution is 5.85. The van der Waals surface area contributed by atoms with Crippen LogP contribution in [0.3, 0.4) is 0 Å². The molecule has 74 valence electrons. The van der Waals surface area contributed by atoms with Crippen molar-refractivity contribution in [2.24, 2.45) is 5.73 Å². The maximum absolute atomic E-state index is 9.01. The molecule has 1 rings (SSSR count). The van der Waals surface area contributed by atoms with Gasteiger partial charge >= 0.3 is 0 Å². The molecule has 1 atom stereocenters. The van der Waals surface area contributed by atoms with E-state index in [1.54, 1.807) is 12.1 Å². The standard InChI is InChI=1S/C10H15NO.ClH/c1-8(11)2-3-9-4-6-10(12)7-5-9;/h4-8,12H,2-3,11H2,1H3;1H. The van der Waals surface area contributed by atoms with E-state index in [9.17, 15) is 0 Å². The fourth-order valence-corrected chi connectivity index (χ4v) is 1.06. The van der Waals surface area contributed by atoms with Crippen LogP contribution in [0.15, 0.2) is 24.3 Å². The van der Waals surface area contributed by atoms with E-state index in [0.717, 1.165) is 12.8 Å². The van der Waals surface area contributed by atoms with Crippen LogP contribution in [0.5, 0.6) is 5.75 Å². The van der Waals surface area contributed by atoms with Gasteiger partial charge in [0.15, 0.2) is 0 Å². The van der Waals surface area contributed by atoms with Crippen LogP contribution in [0.1, 0.15) is 18.9 Å². The van der Waals surface area contributed by atoms with E-state index >= 15 is 0 Å². The van der Waals surface area contributed by atoms with Crippen molar-refractivity contribution in [3.8, 4) is 5.75 Å². The van der Waals surface area contributed by atoms with Gasteiger partial charge in [-0.05, 0) is 37.5 Å². The molecule has 0 radical (unpaired) electrons.